The Morgan fingerprint density at radius 1 is 1.27 bits per heavy atom. The molecule has 1 aliphatic heterocycles. The summed E-state index contributed by atoms with van der Waals surface area (Å²) in [4.78, 5) is 4.61. The van der Waals surface area contributed by atoms with E-state index >= 15 is 0 Å². The zero-order chi connectivity index (χ0) is 16.7. The standard InChI is InChI=1S/C19H29NO2/c1-11-9-15(19(4,5)6)18(22)12(2)14(11)10-16-13(3)17(21)7-8-20-16/h9,13,17,21-22H,7-8,10H2,1-6H3. The maximum atomic E-state index is 10.6. The first-order valence-electron chi connectivity index (χ1n) is 8.16. The first-order chi connectivity index (χ1) is 10.1. The van der Waals surface area contributed by atoms with Crippen LogP contribution in [0.2, 0.25) is 0 Å². The van der Waals surface area contributed by atoms with Crippen molar-refractivity contribution in [3.05, 3.63) is 28.3 Å². The number of aromatic hydroxyl groups is 1. The molecule has 0 amide bonds. The topological polar surface area (TPSA) is 52.8 Å². The van der Waals surface area contributed by atoms with Gasteiger partial charge in [-0.05, 0) is 47.9 Å². The number of benzene rings is 1. The second-order valence-electron chi connectivity index (χ2n) is 7.64. The van der Waals surface area contributed by atoms with Crippen LogP contribution in [-0.2, 0) is 11.8 Å². The summed E-state index contributed by atoms with van der Waals surface area (Å²) in [5.41, 5.74) is 5.24. The molecule has 0 radical (unpaired) electrons. The molecule has 1 heterocycles. The minimum absolute atomic E-state index is 0.0794. The summed E-state index contributed by atoms with van der Waals surface area (Å²) in [5, 5.41) is 20.6. The molecule has 3 heteroatoms. The van der Waals surface area contributed by atoms with Crippen molar-refractivity contribution in [1.82, 2.24) is 0 Å². The Morgan fingerprint density at radius 2 is 1.91 bits per heavy atom. The van der Waals surface area contributed by atoms with Crippen LogP contribution in [0.25, 0.3) is 0 Å². The van der Waals surface area contributed by atoms with Gasteiger partial charge in [0.15, 0.2) is 0 Å². The van der Waals surface area contributed by atoms with Crippen LogP contribution in [0.4, 0.5) is 0 Å². The Labute approximate surface area is 134 Å². The van der Waals surface area contributed by atoms with Gasteiger partial charge in [0.25, 0.3) is 0 Å². The van der Waals surface area contributed by atoms with E-state index in [-0.39, 0.29) is 17.4 Å². The van der Waals surface area contributed by atoms with Gasteiger partial charge in [0.2, 0.25) is 0 Å². The van der Waals surface area contributed by atoms with Crippen molar-refractivity contribution < 1.29 is 10.2 Å². The van der Waals surface area contributed by atoms with Crippen molar-refractivity contribution in [2.75, 3.05) is 6.54 Å². The average molecular weight is 303 g/mol. The number of aliphatic hydroxyl groups is 1. The fourth-order valence-electron chi connectivity index (χ4n) is 3.21. The number of nitrogens with zero attached hydrogens (tertiary/aromatic N) is 1. The second-order valence-corrected chi connectivity index (χ2v) is 7.64. The molecule has 1 aromatic carbocycles. The number of hydrogen-bond acceptors (Lipinski definition) is 3. The smallest absolute Gasteiger partial charge is 0.122 e. The number of rotatable bonds is 2. The van der Waals surface area contributed by atoms with Crippen molar-refractivity contribution in [3.8, 4) is 5.75 Å². The van der Waals surface area contributed by atoms with Gasteiger partial charge in [-0.25, -0.2) is 0 Å². The molecule has 122 valence electrons. The van der Waals surface area contributed by atoms with E-state index in [9.17, 15) is 10.2 Å². The predicted molar refractivity (Wildman–Crippen MR) is 92.1 cm³/mol. The molecule has 0 saturated heterocycles. The summed E-state index contributed by atoms with van der Waals surface area (Å²) in [5.74, 6) is 0.495. The molecule has 1 aliphatic rings. The Hall–Kier alpha value is -1.35. The molecule has 0 aromatic heterocycles. The van der Waals surface area contributed by atoms with E-state index in [1.54, 1.807) is 0 Å². The van der Waals surface area contributed by atoms with Crippen molar-refractivity contribution in [1.29, 1.82) is 0 Å². The lowest BCUT2D eigenvalue weighted by Crippen LogP contribution is -2.32. The Balaban J connectivity index is 2.41. The molecule has 0 bridgehead atoms. The molecule has 0 saturated carbocycles. The molecule has 0 spiro atoms. The van der Waals surface area contributed by atoms with Gasteiger partial charge in [0.05, 0.1) is 6.10 Å². The Kier molecular flexibility index (Phi) is 4.67. The van der Waals surface area contributed by atoms with Gasteiger partial charge in [-0.15, -0.1) is 0 Å². The first kappa shape index (κ1) is 17.0. The molecule has 1 aromatic rings. The maximum Gasteiger partial charge on any atom is 0.122 e. The van der Waals surface area contributed by atoms with Gasteiger partial charge in [-0.2, -0.15) is 0 Å². The molecule has 2 rings (SSSR count). The Bertz CT molecular complexity index is 596. The van der Waals surface area contributed by atoms with Crippen LogP contribution in [0.5, 0.6) is 5.75 Å². The van der Waals surface area contributed by atoms with Crippen molar-refractivity contribution >= 4 is 5.71 Å². The molecular weight excluding hydrogens is 274 g/mol. The van der Waals surface area contributed by atoms with E-state index in [4.69, 9.17) is 0 Å². The minimum atomic E-state index is -0.296. The summed E-state index contributed by atoms with van der Waals surface area (Å²) in [6.07, 6.45) is 1.17. The summed E-state index contributed by atoms with van der Waals surface area (Å²) >= 11 is 0. The van der Waals surface area contributed by atoms with Gasteiger partial charge in [0.1, 0.15) is 5.75 Å². The highest BCUT2D eigenvalue weighted by Crippen LogP contribution is 2.37. The van der Waals surface area contributed by atoms with Crippen LogP contribution in [0, 0.1) is 19.8 Å². The SMILES string of the molecule is Cc1cc(C(C)(C)C)c(O)c(C)c1CC1=NCCC(O)C1C. The number of phenols is 1. The molecule has 0 aliphatic carbocycles. The highest BCUT2D eigenvalue weighted by molar-refractivity contribution is 5.90. The lowest BCUT2D eigenvalue weighted by atomic mass is 9.81. The number of aliphatic hydroxyl groups excluding tert-OH is 1. The third-order valence-corrected chi connectivity index (χ3v) is 4.91. The molecular formula is C19H29NO2. The molecule has 2 unspecified atom stereocenters. The van der Waals surface area contributed by atoms with Crippen LogP contribution in [0.3, 0.4) is 0 Å². The number of aryl methyl sites for hydroxylation is 1. The van der Waals surface area contributed by atoms with Gasteiger partial charge in [-0.1, -0.05) is 33.8 Å². The summed E-state index contributed by atoms with van der Waals surface area (Å²) in [6, 6.07) is 2.10. The lowest BCUT2D eigenvalue weighted by Gasteiger charge is -2.28. The summed E-state index contributed by atoms with van der Waals surface area (Å²) in [7, 11) is 0. The molecule has 2 atom stereocenters. The van der Waals surface area contributed by atoms with E-state index in [0.29, 0.717) is 18.7 Å². The summed E-state index contributed by atoms with van der Waals surface area (Å²) in [6.45, 7) is 13.2. The van der Waals surface area contributed by atoms with Crippen molar-refractivity contribution in [3.63, 3.8) is 0 Å². The molecule has 3 nitrogen and oxygen atoms in total. The monoisotopic (exact) mass is 303 g/mol. The quantitative estimate of drug-likeness (QED) is 0.875. The second kappa shape index (κ2) is 6.04. The van der Waals surface area contributed by atoms with Gasteiger partial charge < -0.3 is 10.2 Å². The van der Waals surface area contributed by atoms with E-state index in [2.05, 4.69) is 38.8 Å². The maximum absolute atomic E-state index is 10.6. The van der Waals surface area contributed by atoms with Crippen molar-refractivity contribution in [2.24, 2.45) is 10.9 Å². The van der Waals surface area contributed by atoms with Crippen LogP contribution in [-0.4, -0.2) is 28.6 Å². The normalized spacial score (nSPS) is 22.6. The van der Waals surface area contributed by atoms with E-state index < -0.39 is 0 Å². The fourth-order valence-corrected chi connectivity index (χ4v) is 3.21. The van der Waals surface area contributed by atoms with Gasteiger partial charge >= 0.3 is 0 Å². The van der Waals surface area contributed by atoms with Crippen LogP contribution in [0.15, 0.2) is 11.1 Å². The predicted octanol–water partition coefficient (Wildman–Crippen LogP) is 3.69. The van der Waals surface area contributed by atoms with E-state index in [0.717, 1.165) is 28.8 Å². The van der Waals surface area contributed by atoms with Crippen LogP contribution >= 0.6 is 0 Å². The Morgan fingerprint density at radius 3 is 2.50 bits per heavy atom. The number of hydrogen-bond donors (Lipinski definition) is 2. The zero-order valence-electron chi connectivity index (χ0n) is 14.7. The molecule has 0 fully saturated rings. The minimum Gasteiger partial charge on any atom is -0.507 e. The summed E-state index contributed by atoms with van der Waals surface area (Å²) < 4.78 is 0. The number of aliphatic imine (C=N–C) groups is 1. The van der Waals surface area contributed by atoms with Crippen LogP contribution < -0.4 is 0 Å². The fraction of sp³-hybridized carbons (Fsp3) is 0.632. The molecule has 22 heavy (non-hydrogen) atoms. The van der Waals surface area contributed by atoms with Crippen LogP contribution in [0.1, 0.15) is 56.4 Å². The average Bonchev–Trinajstić information content (AvgIpc) is 2.42. The highest BCUT2D eigenvalue weighted by Gasteiger charge is 2.26. The first-order valence-corrected chi connectivity index (χ1v) is 8.16. The van der Waals surface area contributed by atoms with E-state index in [1.807, 2.05) is 13.8 Å². The van der Waals surface area contributed by atoms with E-state index in [1.165, 1.54) is 5.56 Å². The van der Waals surface area contributed by atoms with Gasteiger partial charge in [0, 0.05) is 24.6 Å². The largest absolute Gasteiger partial charge is 0.507 e. The third-order valence-electron chi connectivity index (χ3n) is 4.91. The zero-order valence-corrected chi connectivity index (χ0v) is 14.7. The van der Waals surface area contributed by atoms with Crippen molar-refractivity contribution in [2.45, 2.75) is 65.9 Å². The number of phenolic OH excluding ortho intramolecular Hbond substituents is 1. The highest BCUT2D eigenvalue weighted by atomic mass is 16.3. The lowest BCUT2D eigenvalue weighted by molar-refractivity contribution is 0.132. The molecule has 2 N–H and O–H groups in total. The van der Waals surface area contributed by atoms with Gasteiger partial charge in [-0.3, -0.25) is 4.99 Å². The third kappa shape index (κ3) is 3.19.